The molecular weight excluding hydrogens is 388 g/mol. The zero-order chi connectivity index (χ0) is 21.4. The topological polar surface area (TPSA) is 72.8 Å². The fourth-order valence-corrected chi connectivity index (χ4v) is 4.04. The summed E-state index contributed by atoms with van der Waals surface area (Å²) >= 11 is 0. The number of H-pyrrole nitrogens is 1. The summed E-state index contributed by atoms with van der Waals surface area (Å²) in [6, 6.07) is 18.7. The predicted octanol–water partition coefficient (Wildman–Crippen LogP) is 4.63. The standard InChI is InChI=1S/C25H26N4O2/c1-16(19-8-10-20(11-9-19)21-12-13-21)29-24-23(25(30)27-17(2)26-24)22(28-29)15-31-14-18-6-4-3-5-7-18/h3-11,16,21H,12-15H2,1-2H3,(H,26,27,30). The molecule has 0 amide bonds. The molecule has 1 atom stereocenters. The average molecular weight is 415 g/mol. The second-order valence-corrected chi connectivity index (χ2v) is 8.34. The van der Waals surface area contributed by atoms with Crippen molar-refractivity contribution in [1.82, 2.24) is 19.7 Å². The monoisotopic (exact) mass is 414 g/mol. The van der Waals surface area contributed by atoms with Crippen molar-refractivity contribution < 1.29 is 4.74 Å². The van der Waals surface area contributed by atoms with E-state index in [1.807, 2.05) is 35.0 Å². The van der Waals surface area contributed by atoms with Crippen LogP contribution in [-0.4, -0.2) is 19.7 Å². The van der Waals surface area contributed by atoms with E-state index in [-0.39, 0.29) is 18.2 Å². The molecule has 0 radical (unpaired) electrons. The van der Waals surface area contributed by atoms with Crippen molar-refractivity contribution in [3.05, 3.63) is 93.2 Å². The Bertz CT molecular complexity index is 1250. The number of hydrogen-bond donors (Lipinski definition) is 1. The van der Waals surface area contributed by atoms with E-state index in [0.717, 1.165) is 17.0 Å². The first-order valence-corrected chi connectivity index (χ1v) is 10.8. The van der Waals surface area contributed by atoms with Gasteiger partial charge in [0.05, 0.1) is 19.3 Å². The van der Waals surface area contributed by atoms with Gasteiger partial charge in [-0.25, -0.2) is 9.67 Å². The van der Waals surface area contributed by atoms with Crippen molar-refractivity contribution in [2.45, 2.75) is 51.9 Å². The van der Waals surface area contributed by atoms with Crippen molar-refractivity contribution in [3.8, 4) is 0 Å². The van der Waals surface area contributed by atoms with E-state index in [1.165, 1.54) is 18.4 Å². The van der Waals surface area contributed by atoms with Gasteiger partial charge in [-0.15, -0.1) is 0 Å². The molecule has 1 N–H and O–H groups in total. The third-order valence-corrected chi connectivity index (χ3v) is 5.94. The summed E-state index contributed by atoms with van der Waals surface area (Å²) in [5.74, 6) is 1.30. The normalized spacial score (nSPS) is 14.8. The minimum Gasteiger partial charge on any atom is -0.370 e. The van der Waals surface area contributed by atoms with Crippen molar-refractivity contribution in [1.29, 1.82) is 0 Å². The van der Waals surface area contributed by atoms with Crippen LogP contribution in [0.5, 0.6) is 0 Å². The summed E-state index contributed by atoms with van der Waals surface area (Å²) in [7, 11) is 0. The van der Waals surface area contributed by atoms with Gasteiger partial charge in [0, 0.05) is 0 Å². The number of aryl methyl sites for hydroxylation is 1. The summed E-state index contributed by atoms with van der Waals surface area (Å²) in [6.45, 7) is 4.59. The van der Waals surface area contributed by atoms with Crippen molar-refractivity contribution in [2.75, 3.05) is 0 Å². The van der Waals surface area contributed by atoms with Gasteiger partial charge in [-0.3, -0.25) is 4.79 Å². The molecule has 6 nitrogen and oxygen atoms in total. The lowest BCUT2D eigenvalue weighted by Gasteiger charge is -2.14. The summed E-state index contributed by atoms with van der Waals surface area (Å²) < 4.78 is 7.74. The van der Waals surface area contributed by atoms with Gasteiger partial charge in [-0.2, -0.15) is 5.10 Å². The highest BCUT2D eigenvalue weighted by Gasteiger charge is 2.24. The maximum Gasteiger partial charge on any atom is 0.262 e. The Kier molecular flexibility index (Phi) is 5.16. The van der Waals surface area contributed by atoms with Crippen LogP contribution in [-0.2, 0) is 18.0 Å². The van der Waals surface area contributed by atoms with Gasteiger partial charge in [-0.1, -0.05) is 54.6 Å². The van der Waals surface area contributed by atoms with Gasteiger partial charge < -0.3 is 9.72 Å². The molecule has 31 heavy (non-hydrogen) atoms. The average Bonchev–Trinajstić information content (AvgIpc) is 3.56. The third-order valence-electron chi connectivity index (χ3n) is 5.94. The number of aromatic amines is 1. The highest BCUT2D eigenvalue weighted by Crippen LogP contribution is 2.40. The Balaban J connectivity index is 1.46. The molecule has 4 aromatic rings. The summed E-state index contributed by atoms with van der Waals surface area (Å²) in [6.07, 6.45) is 2.58. The second kappa shape index (κ2) is 8.12. The number of ether oxygens (including phenoxy) is 1. The first-order chi connectivity index (χ1) is 15.1. The Morgan fingerprint density at radius 3 is 2.55 bits per heavy atom. The third kappa shape index (κ3) is 4.03. The maximum absolute atomic E-state index is 12.7. The highest BCUT2D eigenvalue weighted by molar-refractivity contribution is 5.77. The van der Waals surface area contributed by atoms with Crippen LogP contribution in [0.25, 0.3) is 11.0 Å². The zero-order valence-electron chi connectivity index (χ0n) is 17.8. The van der Waals surface area contributed by atoms with Crippen LogP contribution in [0, 0.1) is 6.92 Å². The van der Waals surface area contributed by atoms with Crippen LogP contribution in [0.2, 0.25) is 0 Å². The van der Waals surface area contributed by atoms with Gasteiger partial charge in [0.2, 0.25) is 0 Å². The Labute approximate surface area is 180 Å². The molecule has 0 spiro atoms. The number of rotatable bonds is 7. The first-order valence-electron chi connectivity index (χ1n) is 10.8. The molecule has 2 heterocycles. The van der Waals surface area contributed by atoms with Crippen LogP contribution in [0.3, 0.4) is 0 Å². The zero-order valence-corrected chi connectivity index (χ0v) is 17.8. The molecule has 1 aliphatic rings. The van der Waals surface area contributed by atoms with Gasteiger partial charge in [0.25, 0.3) is 5.56 Å². The molecule has 2 aromatic heterocycles. The second-order valence-electron chi connectivity index (χ2n) is 8.34. The maximum atomic E-state index is 12.7. The van der Waals surface area contributed by atoms with E-state index in [1.54, 1.807) is 6.92 Å². The van der Waals surface area contributed by atoms with Gasteiger partial charge in [0.15, 0.2) is 5.65 Å². The fourth-order valence-electron chi connectivity index (χ4n) is 4.04. The van der Waals surface area contributed by atoms with Crippen LogP contribution in [0.15, 0.2) is 59.4 Å². The Hall–Kier alpha value is -3.25. The summed E-state index contributed by atoms with van der Waals surface area (Å²) in [4.78, 5) is 20.2. The van der Waals surface area contributed by atoms with Crippen molar-refractivity contribution >= 4 is 11.0 Å². The lowest BCUT2D eigenvalue weighted by atomic mass is 10.0. The molecule has 6 heteroatoms. The number of fused-ring (bicyclic) bond motifs is 1. The molecule has 2 aromatic carbocycles. The quantitative estimate of drug-likeness (QED) is 0.478. The van der Waals surface area contributed by atoms with Gasteiger partial charge >= 0.3 is 0 Å². The summed E-state index contributed by atoms with van der Waals surface area (Å²) in [5.41, 5.74) is 4.66. The van der Waals surface area contributed by atoms with Gasteiger partial charge in [0.1, 0.15) is 16.9 Å². The van der Waals surface area contributed by atoms with E-state index in [9.17, 15) is 4.79 Å². The molecule has 0 bridgehead atoms. The first kappa shape index (κ1) is 19.7. The van der Waals surface area contributed by atoms with E-state index < -0.39 is 0 Å². The number of hydrogen-bond acceptors (Lipinski definition) is 4. The molecule has 0 aliphatic heterocycles. The number of benzene rings is 2. The van der Waals surface area contributed by atoms with Crippen molar-refractivity contribution in [3.63, 3.8) is 0 Å². The summed E-state index contributed by atoms with van der Waals surface area (Å²) in [5, 5.41) is 5.28. The lowest BCUT2D eigenvalue weighted by Crippen LogP contribution is -2.13. The number of nitrogens with one attached hydrogen (secondary N) is 1. The molecule has 1 saturated carbocycles. The highest BCUT2D eigenvalue weighted by atomic mass is 16.5. The Morgan fingerprint density at radius 2 is 1.84 bits per heavy atom. The van der Waals surface area contributed by atoms with Crippen LogP contribution in [0.4, 0.5) is 0 Å². The molecule has 1 aliphatic carbocycles. The van der Waals surface area contributed by atoms with E-state index in [2.05, 4.69) is 41.2 Å². The smallest absolute Gasteiger partial charge is 0.262 e. The lowest BCUT2D eigenvalue weighted by molar-refractivity contribution is 0.105. The number of nitrogens with zero attached hydrogens (tertiary/aromatic N) is 3. The largest absolute Gasteiger partial charge is 0.370 e. The molecular formula is C25H26N4O2. The molecule has 1 fully saturated rings. The van der Waals surface area contributed by atoms with Crippen LogP contribution < -0.4 is 5.56 Å². The molecule has 158 valence electrons. The van der Waals surface area contributed by atoms with Crippen LogP contribution in [0.1, 0.15) is 59.9 Å². The van der Waals surface area contributed by atoms with Gasteiger partial charge in [-0.05, 0) is 49.3 Å². The van der Waals surface area contributed by atoms with Crippen molar-refractivity contribution in [2.24, 2.45) is 0 Å². The van der Waals surface area contributed by atoms with E-state index in [4.69, 9.17) is 9.84 Å². The molecule has 5 rings (SSSR count). The fraction of sp³-hybridized carbons (Fsp3) is 0.320. The molecule has 1 unspecified atom stereocenters. The molecule has 0 saturated heterocycles. The minimum atomic E-state index is -0.177. The number of aromatic nitrogens is 4. The minimum absolute atomic E-state index is 0.0488. The van der Waals surface area contributed by atoms with E-state index in [0.29, 0.717) is 29.2 Å². The van der Waals surface area contributed by atoms with E-state index >= 15 is 0 Å². The SMILES string of the molecule is Cc1nc2c(c(COCc3ccccc3)nn2C(C)c2ccc(C3CC3)cc2)c(=O)[nH]1. The predicted molar refractivity (Wildman–Crippen MR) is 120 cm³/mol. The Morgan fingerprint density at radius 1 is 1.10 bits per heavy atom. The van der Waals surface area contributed by atoms with Crippen LogP contribution >= 0.6 is 0 Å².